The number of benzene rings is 1. The number of amides is 1. The van der Waals surface area contributed by atoms with Crippen LogP contribution in [0.25, 0.3) is 11.3 Å². The molecule has 1 amide bonds. The fourth-order valence-electron chi connectivity index (χ4n) is 2.31. The smallest absolute Gasteiger partial charge is 0.272 e. The van der Waals surface area contributed by atoms with Gasteiger partial charge in [0.2, 0.25) is 0 Å². The van der Waals surface area contributed by atoms with Crippen LogP contribution in [-0.2, 0) is 6.42 Å². The Kier molecular flexibility index (Phi) is 5.11. The van der Waals surface area contributed by atoms with Gasteiger partial charge in [-0.15, -0.1) is 11.3 Å². The van der Waals surface area contributed by atoms with Gasteiger partial charge in [-0.1, -0.05) is 24.3 Å². The Morgan fingerprint density at radius 1 is 1.29 bits per heavy atom. The minimum absolute atomic E-state index is 0.180. The molecule has 124 valence electrons. The van der Waals surface area contributed by atoms with Crippen molar-refractivity contribution in [1.82, 2.24) is 20.5 Å². The minimum Gasteiger partial charge on any atom is -0.350 e. The third kappa shape index (κ3) is 3.73. The van der Waals surface area contributed by atoms with Gasteiger partial charge >= 0.3 is 0 Å². The first-order valence-electron chi connectivity index (χ1n) is 7.54. The van der Waals surface area contributed by atoms with E-state index in [-0.39, 0.29) is 5.91 Å². The number of hydrogen-bond acceptors (Lipinski definition) is 4. The number of halogens is 1. The van der Waals surface area contributed by atoms with Gasteiger partial charge in [-0.2, -0.15) is 5.10 Å². The SMILES string of the molecule is Cc1nc(-c2ccc(CCNC(=O)c3n[nH]c(C)c3Br)cc2)cs1. The van der Waals surface area contributed by atoms with E-state index in [1.165, 1.54) is 5.56 Å². The maximum Gasteiger partial charge on any atom is 0.272 e. The number of aromatic amines is 1. The number of H-pyrrole nitrogens is 1. The zero-order valence-electron chi connectivity index (χ0n) is 13.4. The molecule has 0 bridgehead atoms. The molecule has 2 heterocycles. The molecule has 3 rings (SSSR count). The van der Waals surface area contributed by atoms with Crippen LogP contribution in [0.3, 0.4) is 0 Å². The van der Waals surface area contributed by atoms with Crippen molar-refractivity contribution in [2.45, 2.75) is 20.3 Å². The van der Waals surface area contributed by atoms with E-state index in [1.54, 1.807) is 11.3 Å². The van der Waals surface area contributed by atoms with E-state index >= 15 is 0 Å². The number of rotatable bonds is 5. The Morgan fingerprint density at radius 2 is 2.04 bits per heavy atom. The maximum absolute atomic E-state index is 12.1. The predicted molar refractivity (Wildman–Crippen MR) is 99.3 cm³/mol. The molecule has 2 N–H and O–H groups in total. The maximum atomic E-state index is 12.1. The van der Waals surface area contributed by atoms with Crippen molar-refractivity contribution in [3.63, 3.8) is 0 Å². The lowest BCUT2D eigenvalue weighted by Crippen LogP contribution is -2.26. The Morgan fingerprint density at radius 3 is 2.62 bits per heavy atom. The fraction of sp³-hybridized carbons (Fsp3) is 0.235. The van der Waals surface area contributed by atoms with E-state index in [1.807, 2.05) is 13.8 Å². The first-order chi connectivity index (χ1) is 11.5. The lowest BCUT2D eigenvalue weighted by atomic mass is 10.1. The molecule has 0 saturated carbocycles. The highest BCUT2D eigenvalue weighted by molar-refractivity contribution is 9.10. The molecule has 0 aliphatic rings. The van der Waals surface area contributed by atoms with E-state index in [0.29, 0.717) is 16.7 Å². The van der Waals surface area contributed by atoms with Gasteiger partial charge in [0, 0.05) is 23.2 Å². The van der Waals surface area contributed by atoms with Gasteiger partial charge in [0.25, 0.3) is 5.91 Å². The summed E-state index contributed by atoms with van der Waals surface area (Å²) in [7, 11) is 0. The number of nitrogens with one attached hydrogen (secondary N) is 2. The van der Waals surface area contributed by atoms with Gasteiger partial charge in [-0.3, -0.25) is 9.89 Å². The number of aryl methyl sites for hydroxylation is 2. The Bertz CT molecular complexity index is 854. The number of carbonyl (C=O) groups is 1. The van der Waals surface area contributed by atoms with E-state index in [2.05, 4.69) is 66.1 Å². The molecule has 0 atom stereocenters. The molecule has 3 aromatic rings. The van der Waals surface area contributed by atoms with Crippen molar-refractivity contribution in [3.05, 3.63) is 56.1 Å². The molecule has 0 spiro atoms. The summed E-state index contributed by atoms with van der Waals surface area (Å²) in [5, 5.41) is 12.8. The molecule has 0 aliphatic heterocycles. The van der Waals surface area contributed by atoms with Crippen LogP contribution in [0.15, 0.2) is 34.1 Å². The Hall–Kier alpha value is -1.99. The zero-order chi connectivity index (χ0) is 17.1. The van der Waals surface area contributed by atoms with Gasteiger partial charge in [-0.05, 0) is 41.8 Å². The largest absolute Gasteiger partial charge is 0.350 e. The lowest BCUT2D eigenvalue weighted by molar-refractivity contribution is 0.0948. The summed E-state index contributed by atoms with van der Waals surface area (Å²) in [6, 6.07) is 8.29. The lowest BCUT2D eigenvalue weighted by Gasteiger charge is -2.05. The molecular formula is C17H17BrN4OS. The highest BCUT2D eigenvalue weighted by Crippen LogP contribution is 2.22. The molecule has 0 saturated heterocycles. The highest BCUT2D eigenvalue weighted by atomic mass is 79.9. The number of aromatic nitrogens is 3. The van der Waals surface area contributed by atoms with Crippen molar-refractivity contribution >= 4 is 33.2 Å². The topological polar surface area (TPSA) is 70.7 Å². The van der Waals surface area contributed by atoms with Crippen molar-refractivity contribution in [2.75, 3.05) is 6.54 Å². The van der Waals surface area contributed by atoms with Crippen molar-refractivity contribution < 1.29 is 4.79 Å². The van der Waals surface area contributed by atoms with Crippen molar-refractivity contribution in [2.24, 2.45) is 0 Å². The molecule has 24 heavy (non-hydrogen) atoms. The number of carbonyl (C=O) groups excluding carboxylic acids is 1. The molecule has 0 aliphatic carbocycles. The summed E-state index contributed by atoms with van der Waals surface area (Å²) < 4.78 is 0.711. The second kappa shape index (κ2) is 7.27. The second-order valence-corrected chi connectivity index (χ2v) is 7.32. The summed E-state index contributed by atoms with van der Waals surface area (Å²) >= 11 is 5.01. The van der Waals surface area contributed by atoms with E-state index in [4.69, 9.17) is 0 Å². The summed E-state index contributed by atoms with van der Waals surface area (Å²) in [6.07, 6.45) is 0.767. The summed E-state index contributed by atoms with van der Waals surface area (Å²) in [6.45, 7) is 4.43. The first kappa shape index (κ1) is 16.9. The summed E-state index contributed by atoms with van der Waals surface area (Å²) in [4.78, 5) is 16.6. The predicted octanol–water partition coefficient (Wildman–Crippen LogP) is 3.89. The first-order valence-corrected chi connectivity index (χ1v) is 9.22. The Balaban J connectivity index is 1.55. The van der Waals surface area contributed by atoms with Gasteiger partial charge in [-0.25, -0.2) is 4.98 Å². The quantitative estimate of drug-likeness (QED) is 0.677. The monoisotopic (exact) mass is 404 g/mol. The van der Waals surface area contributed by atoms with Crippen LogP contribution in [0.5, 0.6) is 0 Å². The van der Waals surface area contributed by atoms with Crippen LogP contribution in [0.2, 0.25) is 0 Å². The fourth-order valence-corrected chi connectivity index (χ4v) is 3.29. The zero-order valence-corrected chi connectivity index (χ0v) is 15.8. The highest BCUT2D eigenvalue weighted by Gasteiger charge is 2.14. The molecule has 7 heteroatoms. The minimum atomic E-state index is -0.180. The van der Waals surface area contributed by atoms with Crippen molar-refractivity contribution in [1.29, 1.82) is 0 Å². The average molecular weight is 405 g/mol. The molecule has 0 fully saturated rings. The normalized spacial score (nSPS) is 10.8. The third-order valence-electron chi connectivity index (χ3n) is 3.66. The van der Waals surface area contributed by atoms with Gasteiger partial charge in [0.1, 0.15) is 0 Å². The Labute approximate surface area is 152 Å². The third-order valence-corrected chi connectivity index (χ3v) is 5.40. The van der Waals surface area contributed by atoms with Gasteiger partial charge in [0.15, 0.2) is 5.69 Å². The second-order valence-electron chi connectivity index (χ2n) is 5.47. The van der Waals surface area contributed by atoms with Crippen molar-refractivity contribution in [3.8, 4) is 11.3 Å². The molecule has 0 unspecified atom stereocenters. The van der Waals surface area contributed by atoms with Crippen LogP contribution in [0.4, 0.5) is 0 Å². The summed E-state index contributed by atoms with van der Waals surface area (Å²) in [5.41, 5.74) is 4.53. The molecule has 1 aromatic carbocycles. The number of nitrogens with zero attached hydrogens (tertiary/aromatic N) is 2. The number of hydrogen-bond donors (Lipinski definition) is 2. The standard InChI is InChI=1S/C17H17BrN4OS/c1-10-15(18)16(22-21-10)17(23)19-8-7-12-3-5-13(6-4-12)14-9-24-11(2)20-14/h3-6,9H,7-8H2,1-2H3,(H,19,23)(H,21,22). The van der Waals surface area contributed by atoms with Crippen LogP contribution in [-0.4, -0.2) is 27.6 Å². The molecular weight excluding hydrogens is 388 g/mol. The van der Waals surface area contributed by atoms with Crippen LogP contribution < -0.4 is 5.32 Å². The number of thiazole rings is 1. The van der Waals surface area contributed by atoms with E-state index < -0.39 is 0 Å². The average Bonchev–Trinajstić information content (AvgIpc) is 3.15. The van der Waals surface area contributed by atoms with Gasteiger partial charge < -0.3 is 5.32 Å². The van der Waals surface area contributed by atoms with E-state index in [9.17, 15) is 4.79 Å². The van der Waals surface area contributed by atoms with Gasteiger partial charge in [0.05, 0.1) is 15.2 Å². The van der Waals surface area contributed by atoms with Crippen LogP contribution in [0.1, 0.15) is 26.8 Å². The van der Waals surface area contributed by atoms with Crippen LogP contribution in [0, 0.1) is 13.8 Å². The summed E-state index contributed by atoms with van der Waals surface area (Å²) in [5.74, 6) is -0.180. The van der Waals surface area contributed by atoms with Crippen LogP contribution >= 0.6 is 27.3 Å². The molecule has 0 radical (unpaired) electrons. The molecule has 5 nitrogen and oxygen atoms in total. The van der Waals surface area contributed by atoms with E-state index in [0.717, 1.165) is 28.4 Å². The molecule has 2 aromatic heterocycles.